The number of halogens is 1. The van der Waals surface area contributed by atoms with Gasteiger partial charge in [0.25, 0.3) is 0 Å². The molecule has 2 heterocycles. The zero-order valence-electron chi connectivity index (χ0n) is 15.9. The summed E-state index contributed by atoms with van der Waals surface area (Å²) in [5.41, 5.74) is 0.401. The normalized spacial score (nSPS) is 21.8. The van der Waals surface area contributed by atoms with Crippen molar-refractivity contribution in [1.82, 2.24) is 15.0 Å². The molecule has 0 N–H and O–H groups in total. The SMILES string of the molecule is C[C@@H]1CN(OC(=O)C(C)(C)C)C[C@H](C)N1c1ncnc2ccc(Br)cc12. The van der Waals surface area contributed by atoms with Crippen molar-refractivity contribution in [3.8, 4) is 0 Å². The molecular weight excluding hydrogens is 396 g/mol. The molecule has 1 aromatic heterocycles. The van der Waals surface area contributed by atoms with Crippen LogP contribution in [0.4, 0.5) is 5.82 Å². The Morgan fingerprint density at radius 3 is 2.46 bits per heavy atom. The maximum Gasteiger partial charge on any atom is 0.330 e. The Labute approximate surface area is 162 Å². The summed E-state index contributed by atoms with van der Waals surface area (Å²) in [4.78, 5) is 29.0. The highest BCUT2D eigenvalue weighted by atomic mass is 79.9. The van der Waals surface area contributed by atoms with Crippen molar-refractivity contribution in [2.45, 2.75) is 46.7 Å². The second-order valence-corrected chi connectivity index (χ2v) is 8.86. The Hall–Kier alpha value is -1.73. The summed E-state index contributed by atoms with van der Waals surface area (Å²) in [5, 5.41) is 2.79. The molecule has 1 aliphatic heterocycles. The van der Waals surface area contributed by atoms with Crippen molar-refractivity contribution in [3.05, 3.63) is 29.0 Å². The Balaban J connectivity index is 1.85. The molecule has 1 aliphatic rings. The number of aromatic nitrogens is 2. The molecule has 0 saturated carbocycles. The molecule has 3 rings (SSSR count). The smallest absolute Gasteiger partial charge is 0.330 e. The Bertz CT molecular complexity index is 809. The highest BCUT2D eigenvalue weighted by molar-refractivity contribution is 9.10. The zero-order valence-corrected chi connectivity index (χ0v) is 17.4. The molecule has 26 heavy (non-hydrogen) atoms. The summed E-state index contributed by atoms with van der Waals surface area (Å²) in [5.74, 6) is 0.708. The van der Waals surface area contributed by atoms with Gasteiger partial charge in [0.2, 0.25) is 0 Å². The van der Waals surface area contributed by atoms with E-state index in [4.69, 9.17) is 4.84 Å². The van der Waals surface area contributed by atoms with Gasteiger partial charge in [-0.25, -0.2) is 14.8 Å². The van der Waals surface area contributed by atoms with Crippen LogP contribution in [-0.4, -0.2) is 46.2 Å². The molecule has 0 bridgehead atoms. The lowest BCUT2D eigenvalue weighted by Crippen LogP contribution is -2.57. The van der Waals surface area contributed by atoms with E-state index in [0.29, 0.717) is 13.1 Å². The van der Waals surface area contributed by atoms with Gasteiger partial charge in [-0.3, -0.25) is 0 Å². The van der Waals surface area contributed by atoms with Gasteiger partial charge in [0.15, 0.2) is 0 Å². The number of hydroxylamine groups is 2. The monoisotopic (exact) mass is 420 g/mol. The van der Waals surface area contributed by atoms with Crippen molar-refractivity contribution in [2.75, 3.05) is 18.0 Å². The standard InChI is InChI=1S/C19H25BrN4O2/c1-12-9-23(26-18(25)19(3,4)5)10-13(2)24(12)17-15-8-14(20)6-7-16(15)21-11-22-17/h6-8,11-13H,9-10H2,1-5H3/t12-,13+. The molecule has 6 nitrogen and oxygen atoms in total. The first-order valence-corrected chi connectivity index (χ1v) is 9.62. The van der Waals surface area contributed by atoms with Gasteiger partial charge in [0.1, 0.15) is 12.1 Å². The van der Waals surface area contributed by atoms with Crippen LogP contribution in [0, 0.1) is 5.41 Å². The number of nitrogens with zero attached hydrogens (tertiary/aromatic N) is 4. The predicted octanol–water partition coefficient (Wildman–Crippen LogP) is 3.80. The predicted molar refractivity (Wildman–Crippen MR) is 106 cm³/mol. The van der Waals surface area contributed by atoms with Crippen LogP contribution >= 0.6 is 15.9 Å². The lowest BCUT2D eigenvalue weighted by Gasteiger charge is -2.44. The van der Waals surface area contributed by atoms with Gasteiger partial charge >= 0.3 is 5.97 Å². The summed E-state index contributed by atoms with van der Waals surface area (Å²) < 4.78 is 0.999. The third kappa shape index (κ3) is 3.83. The largest absolute Gasteiger partial charge is 0.367 e. The van der Waals surface area contributed by atoms with E-state index in [-0.39, 0.29) is 18.1 Å². The van der Waals surface area contributed by atoms with Gasteiger partial charge in [0.05, 0.1) is 24.0 Å². The van der Waals surface area contributed by atoms with Crippen molar-refractivity contribution in [1.29, 1.82) is 0 Å². The van der Waals surface area contributed by atoms with E-state index in [9.17, 15) is 4.79 Å². The molecular formula is C19H25BrN4O2. The molecule has 140 valence electrons. The van der Waals surface area contributed by atoms with Gasteiger partial charge < -0.3 is 9.74 Å². The van der Waals surface area contributed by atoms with E-state index in [1.165, 1.54) is 0 Å². The molecule has 7 heteroatoms. The fourth-order valence-electron chi connectivity index (χ4n) is 3.24. The number of hydrogen-bond acceptors (Lipinski definition) is 6. The zero-order chi connectivity index (χ0) is 19.1. The average Bonchev–Trinajstić information content (AvgIpc) is 2.53. The summed E-state index contributed by atoms with van der Waals surface area (Å²) in [6.45, 7) is 11.1. The number of carbonyl (C=O) groups excluding carboxylic acids is 1. The molecule has 1 fully saturated rings. The van der Waals surface area contributed by atoms with E-state index in [2.05, 4.69) is 50.7 Å². The second-order valence-electron chi connectivity index (χ2n) is 7.94. The van der Waals surface area contributed by atoms with Crippen LogP contribution in [0.25, 0.3) is 10.9 Å². The van der Waals surface area contributed by atoms with Crippen molar-refractivity contribution in [3.63, 3.8) is 0 Å². The average molecular weight is 421 g/mol. The Kier molecular flexibility index (Phi) is 5.21. The highest BCUT2D eigenvalue weighted by Crippen LogP contribution is 2.31. The van der Waals surface area contributed by atoms with Gasteiger partial charge in [-0.1, -0.05) is 15.9 Å². The molecule has 1 aromatic carbocycles. The quantitative estimate of drug-likeness (QED) is 0.736. The summed E-state index contributed by atoms with van der Waals surface area (Å²) in [6.07, 6.45) is 1.61. The Morgan fingerprint density at radius 2 is 1.85 bits per heavy atom. The number of anilines is 1. The molecule has 0 spiro atoms. The van der Waals surface area contributed by atoms with E-state index >= 15 is 0 Å². The van der Waals surface area contributed by atoms with Crippen LogP contribution in [0.3, 0.4) is 0 Å². The van der Waals surface area contributed by atoms with E-state index < -0.39 is 5.41 Å². The minimum Gasteiger partial charge on any atom is -0.367 e. The number of hydrogen-bond donors (Lipinski definition) is 0. The highest BCUT2D eigenvalue weighted by Gasteiger charge is 2.35. The third-order valence-electron chi connectivity index (χ3n) is 4.53. The summed E-state index contributed by atoms with van der Waals surface area (Å²) in [6, 6.07) is 6.31. The van der Waals surface area contributed by atoms with Gasteiger partial charge in [-0.05, 0) is 52.8 Å². The number of piperazine rings is 1. The van der Waals surface area contributed by atoms with Crippen LogP contribution in [-0.2, 0) is 9.63 Å². The molecule has 2 aromatic rings. The first-order chi connectivity index (χ1) is 12.2. The first kappa shape index (κ1) is 19.0. The third-order valence-corrected chi connectivity index (χ3v) is 5.02. The van der Waals surface area contributed by atoms with E-state index in [1.54, 1.807) is 11.4 Å². The molecule has 0 radical (unpaired) electrons. The van der Waals surface area contributed by atoms with Gasteiger partial charge in [-0.15, -0.1) is 5.06 Å². The topological polar surface area (TPSA) is 58.6 Å². The van der Waals surface area contributed by atoms with Gasteiger partial charge in [-0.2, -0.15) is 0 Å². The van der Waals surface area contributed by atoms with Crippen LogP contribution in [0.5, 0.6) is 0 Å². The van der Waals surface area contributed by atoms with Crippen LogP contribution in [0.15, 0.2) is 29.0 Å². The molecule has 0 aliphatic carbocycles. The number of fused-ring (bicyclic) bond motifs is 1. The van der Waals surface area contributed by atoms with Crippen molar-refractivity contribution < 1.29 is 9.63 Å². The van der Waals surface area contributed by atoms with Crippen LogP contribution < -0.4 is 4.90 Å². The minimum atomic E-state index is -0.515. The van der Waals surface area contributed by atoms with Crippen molar-refractivity contribution >= 4 is 38.6 Å². The Morgan fingerprint density at radius 1 is 1.19 bits per heavy atom. The lowest BCUT2D eigenvalue weighted by atomic mass is 9.98. The number of carbonyl (C=O) groups is 1. The van der Waals surface area contributed by atoms with Gasteiger partial charge in [0, 0.05) is 21.9 Å². The summed E-state index contributed by atoms with van der Waals surface area (Å²) in [7, 11) is 0. The minimum absolute atomic E-state index is 0.142. The van der Waals surface area contributed by atoms with Crippen LogP contribution in [0.2, 0.25) is 0 Å². The van der Waals surface area contributed by atoms with Crippen molar-refractivity contribution in [2.24, 2.45) is 5.41 Å². The molecule has 0 unspecified atom stereocenters. The summed E-state index contributed by atoms with van der Waals surface area (Å²) >= 11 is 3.54. The van der Waals surface area contributed by atoms with E-state index in [1.807, 2.05) is 32.9 Å². The number of rotatable bonds is 2. The molecule has 2 atom stereocenters. The fourth-order valence-corrected chi connectivity index (χ4v) is 3.60. The van der Waals surface area contributed by atoms with E-state index in [0.717, 1.165) is 21.2 Å². The lowest BCUT2D eigenvalue weighted by molar-refractivity contribution is -0.205. The fraction of sp³-hybridized carbons (Fsp3) is 0.526. The maximum absolute atomic E-state index is 12.2. The first-order valence-electron chi connectivity index (χ1n) is 8.83. The van der Waals surface area contributed by atoms with Crippen LogP contribution in [0.1, 0.15) is 34.6 Å². The molecule has 1 saturated heterocycles. The molecule has 0 amide bonds. The maximum atomic E-state index is 12.2. The number of benzene rings is 1. The second kappa shape index (κ2) is 7.12.